The molecule has 2 aromatic rings. The van der Waals surface area contributed by atoms with Crippen molar-refractivity contribution in [3.8, 4) is 0 Å². The topological polar surface area (TPSA) is 70.6 Å². The summed E-state index contributed by atoms with van der Waals surface area (Å²) in [5, 5.41) is 6.96. The zero-order valence-corrected chi connectivity index (χ0v) is 15.8. The summed E-state index contributed by atoms with van der Waals surface area (Å²) in [6.45, 7) is 1.83. The second-order valence-electron chi connectivity index (χ2n) is 5.71. The summed E-state index contributed by atoms with van der Waals surface area (Å²) in [7, 11) is 0. The van der Waals surface area contributed by atoms with Crippen LogP contribution in [-0.4, -0.2) is 35.6 Å². The van der Waals surface area contributed by atoms with Crippen LogP contribution < -0.4 is 10.7 Å². The lowest BCUT2D eigenvalue weighted by Gasteiger charge is -2.17. The lowest BCUT2D eigenvalue weighted by molar-refractivity contribution is -0.123. The summed E-state index contributed by atoms with van der Waals surface area (Å²) in [6.07, 6.45) is 2.50. The SMILES string of the molecule is CSCC[C@H](NC(=O)c1ccccc1)C(=O)N/N=C(/C)c1ccccc1. The predicted molar refractivity (Wildman–Crippen MR) is 107 cm³/mol. The van der Waals surface area contributed by atoms with Crippen LogP contribution in [0.15, 0.2) is 65.8 Å². The first-order chi connectivity index (χ1) is 12.6. The molecule has 2 N–H and O–H groups in total. The van der Waals surface area contributed by atoms with Crippen LogP contribution in [0.2, 0.25) is 0 Å². The molecule has 0 saturated carbocycles. The van der Waals surface area contributed by atoms with Crippen molar-refractivity contribution in [2.24, 2.45) is 5.10 Å². The molecular formula is C20H23N3O2S. The molecule has 0 radical (unpaired) electrons. The van der Waals surface area contributed by atoms with Gasteiger partial charge in [0.1, 0.15) is 6.04 Å². The largest absolute Gasteiger partial charge is 0.340 e. The minimum Gasteiger partial charge on any atom is -0.340 e. The molecule has 2 amide bonds. The molecule has 2 aromatic carbocycles. The second kappa shape index (κ2) is 10.4. The third kappa shape index (κ3) is 6.04. The highest BCUT2D eigenvalue weighted by atomic mass is 32.2. The Morgan fingerprint density at radius 3 is 2.15 bits per heavy atom. The number of hydrogen-bond acceptors (Lipinski definition) is 4. The van der Waals surface area contributed by atoms with Crippen molar-refractivity contribution in [2.75, 3.05) is 12.0 Å². The van der Waals surface area contributed by atoms with Crippen LogP contribution in [0.5, 0.6) is 0 Å². The third-order valence-electron chi connectivity index (χ3n) is 3.79. The van der Waals surface area contributed by atoms with Crippen molar-refractivity contribution in [1.82, 2.24) is 10.7 Å². The van der Waals surface area contributed by atoms with Crippen LogP contribution in [-0.2, 0) is 4.79 Å². The molecule has 5 nitrogen and oxygen atoms in total. The van der Waals surface area contributed by atoms with E-state index in [1.54, 1.807) is 36.0 Å². The van der Waals surface area contributed by atoms with E-state index >= 15 is 0 Å². The summed E-state index contributed by atoms with van der Waals surface area (Å²) in [4.78, 5) is 24.9. The van der Waals surface area contributed by atoms with Gasteiger partial charge >= 0.3 is 0 Å². The van der Waals surface area contributed by atoms with E-state index in [0.29, 0.717) is 17.7 Å². The quantitative estimate of drug-likeness (QED) is 0.555. The molecule has 0 bridgehead atoms. The number of hydrazone groups is 1. The predicted octanol–water partition coefficient (Wildman–Crippen LogP) is 3.08. The molecule has 0 aliphatic carbocycles. The molecule has 0 spiro atoms. The van der Waals surface area contributed by atoms with Gasteiger partial charge in [-0.25, -0.2) is 5.43 Å². The Morgan fingerprint density at radius 2 is 1.58 bits per heavy atom. The molecule has 2 rings (SSSR count). The average molecular weight is 369 g/mol. The molecule has 0 aromatic heterocycles. The van der Waals surface area contributed by atoms with Crippen molar-refractivity contribution in [1.29, 1.82) is 0 Å². The number of rotatable bonds is 8. The molecule has 0 aliphatic heterocycles. The molecule has 0 fully saturated rings. The van der Waals surface area contributed by atoms with Crippen LogP contribution in [0.1, 0.15) is 29.3 Å². The van der Waals surface area contributed by atoms with E-state index in [-0.39, 0.29) is 11.8 Å². The first kappa shape index (κ1) is 19.7. The minimum absolute atomic E-state index is 0.268. The maximum atomic E-state index is 12.5. The highest BCUT2D eigenvalue weighted by Crippen LogP contribution is 2.05. The van der Waals surface area contributed by atoms with Crippen LogP contribution in [0.25, 0.3) is 0 Å². The Bertz CT molecular complexity index is 748. The molecule has 1 atom stereocenters. The second-order valence-corrected chi connectivity index (χ2v) is 6.70. The first-order valence-electron chi connectivity index (χ1n) is 8.36. The minimum atomic E-state index is -0.637. The lowest BCUT2D eigenvalue weighted by Crippen LogP contribution is -2.46. The maximum Gasteiger partial charge on any atom is 0.262 e. The Labute approximate surface area is 158 Å². The fourth-order valence-electron chi connectivity index (χ4n) is 2.30. The summed E-state index contributed by atoms with van der Waals surface area (Å²) >= 11 is 1.62. The van der Waals surface area contributed by atoms with E-state index in [4.69, 9.17) is 0 Å². The van der Waals surface area contributed by atoms with Crippen LogP contribution in [0.3, 0.4) is 0 Å². The van der Waals surface area contributed by atoms with E-state index in [0.717, 1.165) is 11.3 Å². The number of nitrogens with zero attached hydrogens (tertiary/aromatic N) is 1. The Hall–Kier alpha value is -2.60. The van der Waals surface area contributed by atoms with Gasteiger partial charge in [-0.1, -0.05) is 48.5 Å². The number of thioether (sulfide) groups is 1. The van der Waals surface area contributed by atoms with Gasteiger partial charge in [0.2, 0.25) is 0 Å². The smallest absolute Gasteiger partial charge is 0.262 e. The zero-order chi connectivity index (χ0) is 18.8. The van der Waals surface area contributed by atoms with Gasteiger partial charge in [-0.2, -0.15) is 16.9 Å². The Balaban J connectivity index is 2.03. The molecule has 136 valence electrons. The normalized spacial score (nSPS) is 12.3. The fraction of sp³-hybridized carbons (Fsp3) is 0.250. The molecule has 0 heterocycles. The molecule has 0 aliphatic rings. The summed E-state index contributed by atoms with van der Waals surface area (Å²) in [6, 6.07) is 17.8. The van der Waals surface area contributed by atoms with Crippen molar-refractivity contribution < 1.29 is 9.59 Å². The van der Waals surface area contributed by atoms with Gasteiger partial charge in [-0.15, -0.1) is 0 Å². The molecule has 0 saturated heterocycles. The molecule has 0 unspecified atom stereocenters. The van der Waals surface area contributed by atoms with E-state index in [1.165, 1.54) is 0 Å². The van der Waals surface area contributed by atoms with Crippen molar-refractivity contribution >= 4 is 29.3 Å². The van der Waals surface area contributed by atoms with Crippen LogP contribution in [0.4, 0.5) is 0 Å². The van der Waals surface area contributed by atoms with E-state index in [1.807, 2.05) is 49.6 Å². The maximum absolute atomic E-state index is 12.5. The highest BCUT2D eigenvalue weighted by Gasteiger charge is 2.21. The molecule has 26 heavy (non-hydrogen) atoms. The number of amides is 2. The van der Waals surface area contributed by atoms with Gasteiger partial charge in [0.15, 0.2) is 0 Å². The standard InChI is InChI=1S/C20H23N3O2S/c1-15(16-9-5-3-6-10-16)22-23-20(25)18(13-14-26-2)21-19(24)17-11-7-4-8-12-17/h3-12,18H,13-14H2,1-2H3,(H,21,24)(H,23,25)/b22-15-/t18-/m0/s1. The zero-order valence-electron chi connectivity index (χ0n) is 14.9. The van der Waals surface area contributed by atoms with Crippen LogP contribution in [0, 0.1) is 0 Å². The number of carbonyl (C=O) groups excluding carboxylic acids is 2. The Kier molecular flexibility index (Phi) is 7.89. The summed E-state index contributed by atoms with van der Waals surface area (Å²) in [5.74, 6) is 0.170. The first-order valence-corrected chi connectivity index (χ1v) is 9.75. The number of nitrogens with one attached hydrogen (secondary N) is 2. The van der Waals surface area contributed by atoms with E-state index < -0.39 is 6.04 Å². The monoisotopic (exact) mass is 369 g/mol. The van der Waals surface area contributed by atoms with Crippen molar-refractivity contribution in [2.45, 2.75) is 19.4 Å². The van der Waals surface area contributed by atoms with Crippen LogP contribution >= 0.6 is 11.8 Å². The molecular weight excluding hydrogens is 346 g/mol. The van der Waals surface area contributed by atoms with Crippen molar-refractivity contribution in [3.05, 3.63) is 71.8 Å². The lowest BCUT2D eigenvalue weighted by atomic mass is 10.1. The van der Waals surface area contributed by atoms with Gasteiger partial charge in [0.05, 0.1) is 5.71 Å². The fourth-order valence-corrected chi connectivity index (χ4v) is 2.77. The van der Waals surface area contributed by atoms with E-state index in [9.17, 15) is 9.59 Å². The number of carbonyl (C=O) groups is 2. The van der Waals surface area contributed by atoms with Gasteiger partial charge in [-0.3, -0.25) is 9.59 Å². The van der Waals surface area contributed by atoms with Gasteiger partial charge in [0.25, 0.3) is 11.8 Å². The third-order valence-corrected chi connectivity index (χ3v) is 4.44. The van der Waals surface area contributed by atoms with Gasteiger partial charge in [0, 0.05) is 5.56 Å². The number of benzene rings is 2. The molecule has 6 heteroatoms. The van der Waals surface area contributed by atoms with Gasteiger partial charge in [-0.05, 0) is 43.0 Å². The average Bonchev–Trinajstić information content (AvgIpc) is 2.70. The summed E-state index contributed by atoms with van der Waals surface area (Å²) < 4.78 is 0. The van der Waals surface area contributed by atoms with Gasteiger partial charge < -0.3 is 5.32 Å². The summed E-state index contributed by atoms with van der Waals surface area (Å²) in [5.41, 5.74) is 4.74. The highest BCUT2D eigenvalue weighted by molar-refractivity contribution is 7.98. The van der Waals surface area contributed by atoms with Crippen molar-refractivity contribution in [3.63, 3.8) is 0 Å². The van der Waals surface area contributed by atoms with E-state index in [2.05, 4.69) is 15.8 Å². The number of hydrogen-bond donors (Lipinski definition) is 2. The Morgan fingerprint density at radius 1 is 1.00 bits per heavy atom.